The van der Waals surface area contributed by atoms with Crippen LogP contribution >= 0.6 is 15.9 Å². The average Bonchev–Trinajstić information content (AvgIpc) is 2.14. The summed E-state index contributed by atoms with van der Waals surface area (Å²) in [4.78, 5) is 3.73. The summed E-state index contributed by atoms with van der Waals surface area (Å²) in [7, 11) is 0.183. The summed E-state index contributed by atoms with van der Waals surface area (Å²) in [6.45, 7) is 0. The molecule has 0 amide bonds. The Bertz CT molecular complexity index is 237. The standard InChI is InChI=1S/C4H6BBrN2O2/c1-8-3(6)2-7-4(8)5(9)10/h2,9-10H,1H3. The predicted octanol–water partition coefficient (Wildman–Crippen LogP) is -1.14. The Morgan fingerprint density at radius 3 is 2.50 bits per heavy atom. The lowest BCUT2D eigenvalue weighted by atomic mass is 9.91. The molecule has 0 aliphatic carbocycles. The van der Waals surface area contributed by atoms with E-state index in [1.165, 1.54) is 6.20 Å². The molecule has 0 bridgehead atoms. The van der Waals surface area contributed by atoms with Gasteiger partial charge in [0.15, 0.2) is 0 Å². The average molecular weight is 205 g/mol. The van der Waals surface area contributed by atoms with Crippen molar-refractivity contribution in [1.82, 2.24) is 9.55 Å². The molecule has 0 atom stereocenters. The van der Waals surface area contributed by atoms with Crippen molar-refractivity contribution in [3.63, 3.8) is 0 Å². The number of aromatic nitrogens is 2. The first-order valence-corrected chi connectivity index (χ1v) is 3.45. The Morgan fingerprint density at radius 2 is 2.30 bits per heavy atom. The molecule has 0 saturated carbocycles. The summed E-state index contributed by atoms with van der Waals surface area (Å²) >= 11 is 3.16. The fraction of sp³-hybridized carbons (Fsp3) is 0.250. The highest BCUT2D eigenvalue weighted by molar-refractivity contribution is 9.10. The number of nitrogens with zero attached hydrogens (tertiary/aromatic N) is 2. The molecular formula is C4H6BBrN2O2. The third-order valence-electron chi connectivity index (χ3n) is 1.20. The van der Waals surface area contributed by atoms with Gasteiger partial charge in [-0.2, -0.15) is 0 Å². The van der Waals surface area contributed by atoms with Crippen molar-refractivity contribution in [1.29, 1.82) is 0 Å². The van der Waals surface area contributed by atoms with Gasteiger partial charge in [-0.25, -0.2) is 4.98 Å². The van der Waals surface area contributed by atoms with Crippen LogP contribution in [0.4, 0.5) is 0 Å². The van der Waals surface area contributed by atoms with E-state index in [-0.39, 0.29) is 5.72 Å². The molecule has 0 aliphatic heterocycles. The number of hydrogen-bond donors (Lipinski definition) is 2. The second-order valence-electron chi connectivity index (χ2n) is 1.87. The molecule has 0 unspecified atom stereocenters. The second-order valence-corrected chi connectivity index (χ2v) is 2.68. The van der Waals surface area contributed by atoms with E-state index in [0.717, 1.165) is 4.60 Å². The van der Waals surface area contributed by atoms with Crippen LogP contribution in [0.1, 0.15) is 0 Å². The molecule has 0 aromatic carbocycles. The van der Waals surface area contributed by atoms with E-state index in [1.54, 1.807) is 11.6 Å². The van der Waals surface area contributed by atoms with Gasteiger partial charge in [0.25, 0.3) is 0 Å². The first kappa shape index (κ1) is 7.78. The lowest BCUT2D eigenvalue weighted by Crippen LogP contribution is -2.37. The monoisotopic (exact) mass is 204 g/mol. The van der Waals surface area contributed by atoms with Crippen molar-refractivity contribution in [2.24, 2.45) is 7.05 Å². The third-order valence-corrected chi connectivity index (χ3v) is 1.94. The zero-order chi connectivity index (χ0) is 7.72. The Hall–Kier alpha value is -0.325. The van der Waals surface area contributed by atoms with Gasteiger partial charge in [-0.1, -0.05) is 0 Å². The molecule has 0 radical (unpaired) electrons. The van der Waals surface area contributed by atoms with Crippen LogP contribution in [0.2, 0.25) is 0 Å². The number of hydrogen-bond acceptors (Lipinski definition) is 3. The Balaban J connectivity index is 3.05. The van der Waals surface area contributed by atoms with Crippen LogP contribution in [0, 0.1) is 0 Å². The topological polar surface area (TPSA) is 58.3 Å². The van der Waals surface area contributed by atoms with Crippen LogP contribution in [0.3, 0.4) is 0 Å². The lowest BCUT2D eigenvalue weighted by Gasteiger charge is -1.98. The summed E-state index contributed by atoms with van der Waals surface area (Å²) in [5.41, 5.74) is 0.229. The van der Waals surface area contributed by atoms with E-state index in [4.69, 9.17) is 10.0 Å². The van der Waals surface area contributed by atoms with Crippen LogP contribution in [-0.2, 0) is 7.05 Å². The number of halogens is 1. The van der Waals surface area contributed by atoms with Gasteiger partial charge in [-0.05, 0) is 15.9 Å². The van der Waals surface area contributed by atoms with Crippen molar-refractivity contribution in [2.45, 2.75) is 0 Å². The van der Waals surface area contributed by atoms with E-state index in [1.807, 2.05) is 0 Å². The molecule has 0 saturated heterocycles. The SMILES string of the molecule is Cn1c(Br)cnc1B(O)O. The second kappa shape index (κ2) is 2.73. The fourth-order valence-corrected chi connectivity index (χ4v) is 0.926. The summed E-state index contributed by atoms with van der Waals surface area (Å²) in [6.07, 6.45) is 1.51. The summed E-state index contributed by atoms with van der Waals surface area (Å²) in [6, 6.07) is 0. The van der Waals surface area contributed by atoms with Gasteiger partial charge in [0.05, 0.1) is 6.20 Å². The van der Waals surface area contributed by atoms with Crippen LogP contribution in [0.5, 0.6) is 0 Å². The first-order valence-electron chi connectivity index (χ1n) is 2.66. The largest absolute Gasteiger partial charge is 0.526 e. The van der Waals surface area contributed by atoms with Gasteiger partial charge in [0.2, 0.25) is 0 Å². The minimum absolute atomic E-state index is 0.229. The number of imidazole rings is 1. The normalized spacial score (nSPS) is 10.0. The Morgan fingerprint density at radius 1 is 1.70 bits per heavy atom. The van der Waals surface area contributed by atoms with Crippen LogP contribution < -0.4 is 5.72 Å². The van der Waals surface area contributed by atoms with E-state index < -0.39 is 7.12 Å². The fourth-order valence-electron chi connectivity index (χ4n) is 0.642. The molecule has 10 heavy (non-hydrogen) atoms. The maximum Gasteiger partial charge on any atom is 0.526 e. The molecule has 6 heteroatoms. The molecule has 4 nitrogen and oxygen atoms in total. The van der Waals surface area contributed by atoms with Crippen LogP contribution in [0.25, 0.3) is 0 Å². The van der Waals surface area contributed by atoms with Crippen LogP contribution in [0.15, 0.2) is 10.8 Å². The van der Waals surface area contributed by atoms with Crippen molar-refractivity contribution in [3.05, 3.63) is 10.8 Å². The molecular weight excluding hydrogens is 199 g/mol. The quantitative estimate of drug-likeness (QED) is 0.569. The van der Waals surface area contributed by atoms with Crippen molar-refractivity contribution in [3.8, 4) is 0 Å². The lowest BCUT2D eigenvalue weighted by molar-refractivity contribution is 0.421. The van der Waals surface area contributed by atoms with Crippen LogP contribution in [-0.4, -0.2) is 26.7 Å². The van der Waals surface area contributed by atoms with E-state index in [9.17, 15) is 0 Å². The van der Waals surface area contributed by atoms with E-state index in [0.29, 0.717) is 0 Å². The van der Waals surface area contributed by atoms with Crippen molar-refractivity contribution >= 4 is 28.8 Å². The summed E-state index contributed by atoms with van der Waals surface area (Å²) < 4.78 is 2.26. The molecule has 0 aliphatic rings. The molecule has 1 aromatic rings. The van der Waals surface area contributed by atoms with E-state index in [2.05, 4.69) is 20.9 Å². The van der Waals surface area contributed by atoms with Gasteiger partial charge < -0.3 is 14.6 Å². The maximum atomic E-state index is 8.67. The van der Waals surface area contributed by atoms with Gasteiger partial charge in [-0.15, -0.1) is 0 Å². The molecule has 1 aromatic heterocycles. The smallest absolute Gasteiger partial charge is 0.421 e. The highest BCUT2D eigenvalue weighted by Crippen LogP contribution is 2.03. The summed E-state index contributed by atoms with van der Waals surface area (Å²) in [5.74, 6) is 0. The predicted molar refractivity (Wildman–Crippen MR) is 40.7 cm³/mol. The molecule has 0 fully saturated rings. The molecule has 54 valence electrons. The highest BCUT2D eigenvalue weighted by atomic mass is 79.9. The highest BCUT2D eigenvalue weighted by Gasteiger charge is 2.17. The van der Waals surface area contributed by atoms with Crippen molar-refractivity contribution in [2.75, 3.05) is 0 Å². The zero-order valence-electron chi connectivity index (χ0n) is 5.32. The van der Waals surface area contributed by atoms with E-state index >= 15 is 0 Å². The summed E-state index contributed by atoms with van der Waals surface area (Å²) in [5, 5.41) is 17.3. The molecule has 1 heterocycles. The van der Waals surface area contributed by atoms with Crippen molar-refractivity contribution < 1.29 is 10.0 Å². The first-order chi connectivity index (χ1) is 4.63. The maximum absolute atomic E-state index is 8.67. The van der Waals surface area contributed by atoms with Gasteiger partial charge in [0, 0.05) is 7.05 Å². The third kappa shape index (κ3) is 1.23. The Labute approximate surface area is 66.8 Å². The van der Waals surface area contributed by atoms with Gasteiger partial charge in [0.1, 0.15) is 10.3 Å². The Kier molecular flexibility index (Phi) is 2.13. The number of rotatable bonds is 1. The molecule has 2 N–H and O–H groups in total. The van der Waals surface area contributed by atoms with Gasteiger partial charge >= 0.3 is 7.12 Å². The minimum atomic E-state index is -1.50. The molecule has 0 spiro atoms. The van der Waals surface area contributed by atoms with Gasteiger partial charge in [-0.3, -0.25) is 0 Å². The minimum Gasteiger partial charge on any atom is -0.421 e. The zero-order valence-corrected chi connectivity index (χ0v) is 6.91. The molecule has 1 rings (SSSR count).